The molecule has 0 bridgehead atoms. The first-order chi connectivity index (χ1) is 7.75. The number of benzene rings is 1. The third-order valence-electron chi connectivity index (χ3n) is 3.42. The van der Waals surface area contributed by atoms with Gasteiger partial charge in [-0.2, -0.15) is 0 Å². The summed E-state index contributed by atoms with van der Waals surface area (Å²) in [6, 6.07) is 7.11. The van der Waals surface area contributed by atoms with Crippen LogP contribution in [-0.4, -0.2) is 22.6 Å². The highest BCUT2D eigenvalue weighted by molar-refractivity contribution is 5.77. The highest BCUT2D eigenvalue weighted by Crippen LogP contribution is 2.25. The zero-order valence-corrected chi connectivity index (χ0v) is 9.83. The normalized spacial score (nSPS) is 20.8. The second-order valence-electron chi connectivity index (χ2n) is 4.67. The summed E-state index contributed by atoms with van der Waals surface area (Å²) in [4.78, 5) is 4.65. The molecular formula is C13H17N3. The highest BCUT2D eigenvalue weighted by Gasteiger charge is 2.20. The number of fused-ring (bicyclic) bond motifs is 1. The minimum Gasteiger partial charge on any atom is -0.324 e. The van der Waals surface area contributed by atoms with Gasteiger partial charge in [-0.1, -0.05) is 6.07 Å². The summed E-state index contributed by atoms with van der Waals surface area (Å²) in [6.07, 6.45) is 1.21. The lowest BCUT2D eigenvalue weighted by molar-refractivity contribution is 0.548. The molecule has 0 aliphatic carbocycles. The van der Waals surface area contributed by atoms with Crippen molar-refractivity contribution < 1.29 is 0 Å². The zero-order valence-electron chi connectivity index (χ0n) is 9.83. The lowest BCUT2D eigenvalue weighted by Gasteiger charge is -2.13. The van der Waals surface area contributed by atoms with E-state index in [1.165, 1.54) is 17.5 Å². The van der Waals surface area contributed by atoms with Crippen molar-refractivity contribution in [1.29, 1.82) is 0 Å². The molecule has 0 saturated carbocycles. The molecule has 1 atom stereocenters. The Morgan fingerprint density at radius 2 is 2.25 bits per heavy atom. The Labute approximate surface area is 95.5 Å². The second kappa shape index (κ2) is 3.59. The fourth-order valence-electron chi connectivity index (χ4n) is 2.65. The van der Waals surface area contributed by atoms with Crippen LogP contribution in [0.15, 0.2) is 18.2 Å². The van der Waals surface area contributed by atoms with Gasteiger partial charge in [-0.25, -0.2) is 4.98 Å². The van der Waals surface area contributed by atoms with Gasteiger partial charge in [-0.15, -0.1) is 0 Å². The van der Waals surface area contributed by atoms with Gasteiger partial charge in [0.2, 0.25) is 0 Å². The Morgan fingerprint density at radius 3 is 3.00 bits per heavy atom. The predicted octanol–water partition coefficient (Wildman–Crippen LogP) is 2.19. The predicted molar refractivity (Wildman–Crippen MR) is 65.7 cm³/mol. The molecule has 3 rings (SSSR count). The van der Waals surface area contributed by atoms with Crippen molar-refractivity contribution in [3.63, 3.8) is 0 Å². The molecule has 16 heavy (non-hydrogen) atoms. The van der Waals surface area contributed by atoms with Crippen LogP contribution >= 0.6 is 0 Å². The van der Waals surface area contributed by atoms with E-state index in [1.807, 2.05) is 0 Å². The van der Waals surface area contributed by atoms with Crippen LogP contribution in [0, 0.1) is 13.8 Å². The van der Waals surface area contributed by atoms with E-state index in [0.717, 1.165) is 24.4 Å². The average molecular weight is 215 g/mol. The van der Waals surface area contributed by atoms with E-state index in [4.69, 9.17) is 0 Å². The van der Waals surface area contributed by atoms with Gasteiger partial charge in [0.05, 0.1) is 11.0 Å². The monoisotopic (exact) mass is 215 g/mol. The second-order valence-corrected chi connectivity index (χ2v) is 4.67. The lowest BCUT2D eigenvalue weighted by atomic mass is 10.2. The molecule has 1 aliphatic rings. The molecule has 2 heterocycles. The SMILES string of the molecule is Cc1ccc2c(c1)nc(C)n2C1CCNC1. The van der Waals surface area contributed by atoms with Crippen molar-refractivity contribution in [2.75, 3.05) is 13.1 Å². The summed E-state index contributed by atoms with van der Waals surface area (Å²) in [5.74, 6) is 1.13. The number of imidazole rings is 1. The number of aromatic nitrogens is 2. The van der Waals surface area contributed by atoms with Gasteiger partial charge in [0.1, 0.15) is 5.82 Å². The zero-order chi connectivity index (χ0) is 11.1. The van der Waals surface area contributed by atoms with E-state index in [-0.39, 0.29) is 0 Å². The van der Waals surface area contributed by atoms with E-state index in [0.29, 0.717) is 6.04 Å². The maximum absolute atomic E-state index is 4.65. The maximum Gasteiger partial charge on any atom is 0.107 e. The van der Waals surface area contributed by atoms with Crippen molar-refractivity contribution in [3.8, 4) is 0 Å². The van der Waals surface area contributed by atoms with Gasteiger partial charge in [0, 0.05) is 12.6 Å². The largest absolute Gasteiger partial charge is 0.324 e. The molecule has 84 valence electrons. The van der Waals surface area contributed by atoms with E-state index in [1.54, 1.807) is 0 Å². The summed E-state index contributed by atoms with van der Waals surface area (Å²) >= 11 is 0. The van der Waals surface area contributed by atoms with Crippen molar-refractivity contribution >= 4 is 11.0 Å². The summed E-state index contributed by atoms with van der Waals surface area (Å²) in [5.41, 5.74) is 3.68. The van der Waals surface area contributed by atoms with Crippen molar-refractivity contribution in [2.24, 2.45) is 0 Å². The Hall–Kier alpha value is -1.35. The van der Waals surface area contributed by atoms with Gasteiger partial charge in [-0.05, 0) is 44.5 Å². The van der Waals surface area contributed by atoms with Crippen LogP contribution in [0.4, 0.5) is 0 Å². The number of nitrogens with one attached hydrogen (secondary N) is 1. The number of hydrogen-bond acceptors (Lipinski definition) is 2. The molecule has 1 saturated heterocycles. The molecule has 1 aliphatic heterocycles. The van der Waals surface area contributed by atoms with E-state index >= 15 is 0 Å². The number of aryl methyl sites for hydroxylation is 2. The van der Waals surface area contributed by atoms with Crippen molar-refractivity contribution in [1.82, 2.24) is 14.9 Å². The molecule has 0 spiro atoms. The fraction of sp³-hybridized carbons (Fsp3) is 0.462. The minimum atomic E-state index is 0.577. The molecule has 1 unspecified atom stereocenters. The minimum absolute atomic E-state index is 0.577. The average Bonchev–Trinajstić information content (AvgIpc) is 2.83. The van der Waals surface area contributed by atoms with Crippen molar-refractivity contribution in [2.45, 2.75) is 26.3 Å². The lowest BCUT2D eigenvalue weighted by Crippen LogP contribution is -2.14. The summed E-state index contributed by atoms with van der Waals surface area (Å²) in [7, 11) is 0. The third-order valence-corrected chi connectivity index (χ3v) is 3.42. The first kappa shape index (κ1) is 9.85. The van der Waals surface area contributed by atoms with Crippen LogP contribution in [0.2, 0.25) is 0 Å². The molecule has 1 aromatic heterocycles. The summed E-state index contributed by atoms with van der Waals surface area (Å²) in [6.45, 7) is 6.41. The maximum atomic E-state index is 4.65. The van der Waals surface area contributed by atoms with Crippen LogP contribution in [0.5, 0.6) is 0 Å². The van der Waals surface area contributed by atoms with E-state index in [2.05, 4.69) is 46.9 Å². The smallest absolute Gasteiger partial charge is 0.107 e. The topological polar surface area (TPSA) is 29.9 Å². The van der Waals surface area contributed by atoms with Crippen molar-refractivity contribution in [3.05, 3.63) is 29.6 Å². The molecule has 3 nitrogen and oxygen atoms in total. The van der Waals surface area contributed by atoms with Crippen LogP contribution in [0.25, 0.3) is 11.0 Å². The van der Waals surface area contributed by atoms with Gasteiger partial charge in [0.15, 0.2) is 0 Å². The molecule has 0 amide bonds. The summed E-state index contributed by atoms with van der Waals surface area (Å²) in [5, 5.41) is 3.42. The van der Waals surface area contributed by atoms with Gasteiger partial charge in [0.25, 0.3) is 0 Å². The first-order valence-corrected chi connectivity index (χ1v) is 5.91. The Morgan fingerprint density at radius 1 is 1.38 bits per heavy atom. The molecule has 1 N–H and O–H groups in total. The van der Waals surface area contributed by atoms with Gasteiger partial charge in [-0.3, -0.25) is 0 Å². The highest BCUT2D eigenvalue weighted by atomic mass is 15.1. The molecule has 1 fully saturated rings. The number of nitrogens with zero attached hydrogens (tertiary/aromatic N) is 2. The number of hydrogen-bond donors (Lipinski definition) is 1. The Balaban J connectivity index is 2.18. The third kappa shape index (κ3) is 1.43. The Bertz CT molecular complexity index is 521. The molecule has 0 radical (unpaired) electrons. The molecule has 1 aromatic carbocycles. The van der Waals surface area contributed by atoms with Gasteiger partial charge >= 0.3 is 0 Å². The van der Waals surface area contributed by atoms with Crippen LogP contribution < -0.4 is 5.32 Å². The van der Waals surface area contributed by atoms with Crippen LogP contribution in [-0.2, 0) is 0 Å². The van der Waals surface area contributed by atoms with Crippen LogP contribution in [0.3, 0.4) is 0 Å². The Kier molecular flexibility index (Phi) is 2.21. The van der Waals surface area contributed by atoms with E-state index < -0.39 is 0 Å². The molecule has 2 aromatic rings. The van der Waals surface area contributed by atoms with Gasteiger partial charge < -0.3 is 9.88 Å². The molecule has 3 heteroatoms. The quantitative estimate of drug-likeness (QED) is 0.790. The van der Waals surface area contributed by atoms with E-state index in [9.17, 15) is 0 Å². The summed E-state index contributed by atoms with van der Waals surface area (Å²) < 4.78 is 2.38. The van der Waals surface area contributed by atoms with Crippen LogP contribution in [0.1, 0.15) is 23.9 Å². The standard InChI is InChI=1S/C13H17N3/c1-9-3-4-13-12(7-9)15-10(2)16(13)11-5-6-14-8-11/h3-4,7,11,14H,5-6,8H2,1-2H3. The fourth-order valence-corrected chi connectivity index (χ4v) is 2.65. The number of rotatable bonds is 1. The molecular weight excluding hydrogens is 198 g/mol. The first-order valence-electron chi connectivity index (χ1n) is 5.91.